The minimum absolute atomic E-state index is 0.0212. The number of ether oxygens (including phenoxy) is 2. The Labute approximate surface area is 166 Å². The number of hydrogen-bond acceptors (Lipinski definition) is 6. The smallest absolute Gasteiger partial charge is 0.276 e. The molecule has 0 bridgehead atoms. The van der Waals surface area contributed by atoms with Gasteiger partial charge in [0.25, 0.3) is 5.69 Å². The Balaban J connectivity index is 2.25. The van der Waals surface area contributed by atoms with Crippen LogP contribution in [0.4, 0.5) is 5.69 Å². The summed E-state index contributed by atoms with van der Waals surface area (Å²) < 4.78 is 37.4. The van der Waals surface area contributed by atoms with Crippen molar-refractivity contribution in [2.75, 3.05) is 20.8 Å². The Bertz CT molecular complexity index is 945. The summed E-state index contributed by atoms with van der Waals surface area (Å²) in [7, 11) is -1.23. The molecule has 2 aromatic rings. The van der Waals surface area contributed by atoms with E-state index < -0.39 is 14.9 Å². The topological polar surface area (TPSA) is 108 Å². The van der Waals surface area contributed by atoms with Crippen LogP contribution in [0, 0.1) is 10.1 Å². The second-order valence-corrected chi connectivity index (χ2v) is 7.81. The first-order valence-electron chi connectivity index (χ1n) is 7.54. The van der Waals surface area contributed by atoms with Crippen molar-refractivity contribution in [3.63, 3.8) is 0 Å². The molecule has 0 heterocycles. The molecule has 0 aliphatic rings. The van der Waals surface area contributed by atoms with E-state index in [1.165, 1.54) is 44.6 Å². The van der Waals surface area contributed by atoms with E-state index in [1.807, 2.05) is 0 Å². The molecule has 0 atom stereocenters. The number of benzene rings is 2. The summed E-state index contributed by atoms with van der Waals surface area (Å²) in [5.41, 5.74) is 0.0771. The van der Waals surface area contributed by atoms with E-state index in [4.69, 9.17) is 32.7 Å². The summed E-state index contributed by atoms with van der Waals surface area (Å²) in [6.07, 6.45) is 0.0397. The Kier molecular flexibility index (Phi) is 6.88. The summed E-state index contributed by atoms with van der Waals surface area (Å²) in [6, 6.07) is 7.00. The van der Waals surface area contributed by atoms with Gasteiger partial charge in [-0.25, -0.2) is 13.1 Å². The van der Waals surface area contributed by atoms with Crippen LogP contribution in [0.5, 0.6) is 11.5 Å². The standard InChI is InChI=1S/C16H16Cl2N2O6S/c1-25-14-8-10(13(20(21)22)9-15(14)26-2)6-7-19-27(23,24)16-11(17)4-3-5-12(16)18/h3-5,8-9,19H,6-7H2,1-2H3. The first kappa shape index (κ1) is 21.2. The summed E-state index contributed by atoms with van der Waals surface area (Å²) in [5.74, 6) is 0.506. The van der Waals surface area contributed by atoms with Crippen LogP contribution >= 0.6 is 23.2 Å². The van der Waals surface area contributed by atoms with Crippen molar-refractivity contribution in [3.05, 3.63) is 56.1 Å². The van der Waals surface area contributed by atoms with Crippen LogP contribution < -0.4 is 14.2 Å². The number of sulfonamides is 1. The largest absolute Gasteiger partial charge is 0.493 e. The second kappa shape index (κ2) is 8.75. The minimum Gasteiger partial charge on any atom is -0.493 e. The molecule has 0 saturated carbocycles. The molecule has 0 spiro atoms. The van der Waals surface area contributed by atoms with Gasteiger partial charge in [0.1, 0.15) is 4.90 Å². The fraction of sp³-hybridized carbons (Fsp3) is 0.250. The summed E-state index contributed by atoms with van der Waals surface area (Å²) in [4.78, 5) is 10.5. The molecule has 0 unspecified atom stereocenters. The van der Waals surface area contributed by atoms with Crippen LogP contribution in [-0.4, -0.2) is 34.1 Å². The molecule has 2 rings (SSSR count). The summed E-state index contributed by atoms with van der Waals surface area (Å²) >= 11 is 11.9. The average molecular weight is 435 g/mol. The summed E-state index contributed by atoms with van der Waals surface area (Å²) in [5, 5.41) is 11.3. The van der Waals surface area contributed by atoms with Crippen LogP contribution in [0.1, 0.15) is 5.56 Å². The van der Waals surface area contributed by atoms with Crippen molar-refractivity contribution in [2.45, 2.75) is 11.3 Å². The molecule has 0 aliphatic carbocycles. The molecule has 0 radical (unpaired) electrons. The molecule has 1 N–H and O–H groups in total. The van der Waals surface area contributed by atoms with Crippen LogP contribution in [0.2, 0.25) is 10.0 Å². The fourth-order valence-electron chi connectivity index (χ4n) is 2.41. The molecule has 27 heavy (non-hydrogen) atoms. The van der Waals surface area contributed by atoms with E-state index >= 15 is 0 Å². The highest BCUT2D eigenvalue weighted by Gasteiger charge is 2.23. The monoisotopic (exact) mass is 434 g/mol. The Hall–Kier alpha value is -2.07. The quantitative estimate of drug-likeness (QED) is 0.503. The molecule has 11 heteroatoms. The summed E-state index contributed by atoms with van der Waals surface area (Å²) in [6.45, 7) is -0.111. The van der Waals surface area contributed by atoms with Gasteiger partial charge in [0.15, 0.2) is 11.5 Å². The SMILES string of the molecule is COc1cc(CCNS(=O)(=O)c2c(Cl)cccc2Cl)c([N+](=O)[O-])cc1OC. The fourth-order valence-corrected chi connectivity index (χ4v) is 4.58. The number of methoxy groups -OCH3 is 2. The Morgan fingerprint density at radius 1 is 1.11 bits per heavy atom. The lowest BCUT2D eigenvalue weighted by Crippen LogP contribution is -2.26. The minimum atomic E-state index is -3.99. The number of nitro groups is 1. The molecule has 0 aromatic heterocycles. The van der Waals surface area contributed by atoms with Gasteiger partial charge in [0.05, 0.1) is 35.3 Å². The third kappa shape index (κ3) is 4.81. The van der Waals surface area contributed by atoms with E-state index in [0.29, 0.717) is 5.75 Å². The van der Waals surface area contributed by atoms with E-state index in [1.54, 1.807) is 0 Å². The van der Waals surface area contributed by atoms with Crippen LogP contribution in [-0.2, 0) is 16.4 Å². The van der Waals surface area contributed by atoms with Crippen LogP contribution in [0.15, 0.2) is 35.2 Å². The highest BCUT2D eigenvalue weighted by Crippen LogP contribution is 2.35. The van der Waals surface area contributed by atoms with Crippen molar-refractivity contribution in [1.29, 1.82) is 0 Å². The van der Waals surface area contributed by atoms with Crippen LogP contribution in [0.25, 0.3) is 0 Å². The molecule has 0 saturated heterocycles. The maximum Gasteiger partial charge on any atom is 0.276 e. The number of hydrogen-bond donors (Lipinski definition) is 1. The normalized spacial score (nSPS) is 11.3. The van der Waals surface area contributed by atoms with Gasteiger partial charge in [-0.05, 0) is 24.6 Å². The molecule has 8 nitrogen and oxygen atoms in total. The molecular formula is C16H16Cl2N2O6S. The van der Waals surface area contributed by atoms with E-state index in [9.17, 15) is 18.5 Å². The number of nitrogens with one attached hydrogen (secondary N) is 1. The average Bonchev–Trinajstić information content (AvgIpc) is 2.60. The van der Waals surface area contributed by atoms with Gasteiger partial charge in [0, 0.05) is 12.1 Å². The van der Waals surface area contributed by atoms with Crippen molar-refractivity contribution in [3.8, 4) is 11.5 Å². The molecule has 0 aliphatic heterocycles. The third-order valence-electron chi connectivity index (χ3n) is 3.66. The van der Waals surface area contributed by atoms with Gasteiger partial charge in [-0.2, -0.15) is 0 Å². The van der Waals surface area contributed by atoms with E-state index in [-0.39, 0.29) is 44.9 Å². The lowest BCUT2D eigenvalue weighted by Gasteiger charge is -2.12. The molecular weight excluding hydrogens is 419 g/mol. The van der Waals surface area contributed by atoms with Crippen molar-refractivity contribution in [1.82, 2.24) is 4.72 Å². The number of rotatable bonds is 8. The Morgan fingerprint density at radius 3 is 2.19 bits per heavy atom. The first-order valence-corrected chi connectivity index (χ1v) is 9.78. The van der Waals surface area contributed by atoms with Gasteiger partial charge in [-0.3, -0.25) is 10.1 Å². The number of nitro benzene ring substituents is 1. The lowest BCUT2D eigenvalue weighted by molar-refractivity contribution is -0.385. The number of nitrogens with zero attached hydrogens (tertiary/aromatic N) is 1. The van der Waals surface area contributed by atoms with Gasteiger partial charge < -0.3 is 9.47 Å². The zero-order valence-corrected chi connectivity index (χ0v) is 16.7. The van der Waals surface area contributed by atoms with Crippen molar-refractivity contribution < 1.29 is 22.8 Å². The highest BCUT2D eigenvalue weighted by atomic mass is 35.5. The predicted octanol–water partition coefficient (Wildman–Crippen LogP) is 3.44. The molecule has 0 amide bonds. The predicted molar refractivity (Wildman–Crippen MR) is 102 cm³/mol. The van der Waals surface area contributed by atoms with Gasteiger partial charge in [-0.15, -0.1) is 0 Å². The zero-order valence-electron chi connectivity index (χ0n) is 14.4. The van der Waals surface area contributed by atoms with Gasteiger partial charge in [0.2, 0.25) is 10.0 Å². The lowest BCUT2D eigenvalue weighted by atomic mass is 10.1. The first-order chi connectivity index (χ1) is 12.7. The third-order valence-corrected chi connectivity index (χ3v) is 6.07. The molecule has 0 fully saturated rings. The zero-order chi connectivity index (χ0) is 20.2. The molecule has 2 aromatic carbocycles. The van der Waals surface area contributed by atoms with Gasteiger partial charge >= 0.3 is 0 Å². The molecule has 146 valence electrons. The Morgan fingerprint density at radius 2 is 1.67 bits per heavy atom. The highest BCUT2D eigenvalue weighted by molar-refractivity contribution is 7.89. The van der Waals surface area contributed by atoms with E-state index in [0.717, 1.165) is 0 Å². The van der Waals surface area contributed by atoms with E-state index in [2.05, 4.69) is 4.72 Å². The second-order valence-electron chi connectivity index (χ2n) is 5.29. The van der Waals surface area contributed by atoms with Crippen LogP contribution in [0.3, 0.4) is 0 Å². The van der Waals surface area contributed by atoms with Crippen molar-refractivity contribution >= 4 is 38.9 Å². The maximum atomic E-state index is 12.4. The number of halogens is 2. The van der Waals surface area contributed by atoms with Crippen molar-refractivity contribution in [2.24, 2.45) is 0 Å². The van der Waals surface area contributed by atoms with Gasteiger partial charge in [-0.1, -0.05) is 29.3 Å². The maximum absolute atomic E-state index is 12.4.